The quantitative estimate of drug-likeness (QED) is 0.523. The molecule has 0 bridgehead atoms. The Bertz CT molecular complexity index is 86.2. The van der Waals surface area contributed by atoms with E-state index in [1.54, 1.807) is 0 Å². The summed E-state index contributed by atoms with van der Waals surface area (Å²) < 4.78 is 0. The van der Waals surface area contributed by atoms with Crippen molar-refractivity contribution < 1.29 is 0 Å². The maximum absolute atomic E-state index is 2.35. The summed E-state index contributed by atoms with van der Waals surface area (Å²) in [4.78, 5) is 0. The number of rotatable bonds is 4. The molecule has 0 atom stereocenters. The third-order valence-corrected chi connectivity index (χ3v) is 1.82. The molecule has 0 aliphatic rings. The van der Waals surface area contributed by atoms with E-state index in [0.717, 1.165) is 5.92 Å². The van der Waals surface area contributed by atoms with Gasteiger partial charge in [0, 0.05) is 0 Å². The van der Waals surface area contributed by atoms with Gasteiger partial charge in [-0.15, -0.1) is 0 Å². The summed E-state index contributed by atoms with van der Waals surface area (Å²) in [6.07, 6.45) is 7.21. The predicted molar refractivity (Wildman–Crippen MR) is 48.1 cm³/mol. The molecule has 0 radical (unpaired) electrons. The lowest BCUT2D eigenvalue weighted by Gasteiger charge is -2.05. The van der Waals surface area contributed by atoms with E-state index in [1.165, 1.54) is 12.8 Å². The standard InChI is InChI=1S/C10H20/c1-5-10(6-2)8-7-9(3)4/h7-10H,5-6H2,1-4H3. The van der Waals surface area contributed by atoms with Crippen molar-refractivity contribution in [3.63, 3.8) is 0 Å². The van der Waals surface area contributed by atoms with E-state index in [-0.39, 0.29) is 0 Å². The molecule has 10 heavy (non-hydrogen) atoms. The zero-order chi connectivity index (χ0) is 7.98. The van der Waals surface area contributed by atoms with Crippen molar-refractivity contribution >= 4 is 0 Å². The van der Waals surface area contributed by atoms with Gasteiger partial charge in [0.05, 0.1) is 0 Å². The van der Waals surface area contributed by atoms with E-state index in [4.69, 9.17) is 0 Å². The molecule has 0 saturated carbocycles. The summed E-state index contributed by atoms with van der Waals surface area (Å²) in [5, 5.41) is 0. The molecule has 0 N–H and O–H groups in total. The monoisotopic (exact) mass is 140 g/mol. The summed E-state index contributed by atoms with van der Waals surface area (Å²) in [5.41, 5.74) is 0. The molecule has 0 spiro atoms. The molecule has 0 aromatic carbocycles. The van der Waals surface area contributed by atoms with Crippen LogP contribution in [0.4, 0.5) is 0 Å². The highest BCUT2D eigenvalue weighted by molar-refractivity contribution is 4.89. The Labute approximate surface area is 65.3 Å². The molecule has 0 heterocycles. The smallest absolute Gasteiger partial charge is 0.0239 e. The van der Waals surface area contributed by atoms with E-state index in [0.29, 0.717) is 5.92 Å². The van der Waals surface area contributed by atoms with Gasteiger partial charge in [-0.2, -0.15) is 0 Å². The first-order valence-corrected chi connectivity index (χ1v) is 4.39. The Balaban J connectivity index is 3.61. The van der Waals surface area contributed by atoms with Crippen molar-refractivity contribution in [2.24, 2.45) is 11.8 Å². The van der Waals surface area contributed by atoms with Crippen molar-refractivity contribution in [3.05, 3.63) is 12.2 Å². The molecule has 0 heteroatoms. The van der Waals surface area contributed by atoms with Crippen LogP contribution < -0.4 is 0 Å². The minimum atomic E-state index is 0.709. The zero-order valence-corrected chi connectivity index (χ0v) is 7.72. The van der Waals surface area contributed by atoms with Crippen molar-refractivity contribution in [2.45, 2.75) is 40.5 Å². The first-order valence-electron chi connectivity index (χ1n) is 4.39. The van der Waals surface area contributed by atoms with Gasteiger partial charge >= 0.3 is 0 Å². The molecule has 0 aromatic rings. The maximum atomic E-state index is 2.35. The summed E-state index contributed by atoms with van der Waals surface area (Å²) >= 11 is 0. The van der Waals surface area contributed by atoms with Crippen LogP contribution in [0.25, 0.3) is 0 Å². The molecule has 0 unspecified atom stereocenters. The first-order chi connectivity index (χ1) is 4.70. The van der Waals surface area contributed by atoms with E-state index in [2.05, 4.69) is 39.8 Å². The lowest BCUT2D eigenvalue weighted by molar-refractivity contribution is 0.600. The average molecular weight is 140 g/mol. The Kier molecular flexibility index (Phi) is 5.38. The zero-order valence-electron chi connectivity index (χ0n) is 7.72. The first kappa shape index (κ1) is 9.74. The fourth-order valence-corrected chi connectivity index (χ4v) is 0.940. The van der Waals surface area contributed by atoms with Gasteiger partial charge in [-0.3, -0.25) is 0 Å². The molecule has 0 aliphatic carbocycles. The Morgan fingerprint density at radius 2 is 1.50 bits per heavy atom. The van der Waals surface area contributed by atoms with Gasteiger partial charge < -0.3 is 0 Å². The van der Waals surface area contributed by atoms with Crippen LogP contribution in [-0.4, -0.2) is 0 Å². The van der Waals surface area contributed by atoms with Gasteiger partial charge in [0.1, 0.15) is 0 Å². The van der Waals surface area contributed by atoms with Crippen molar-refractivity contribution in [3.8, 4) is 0 Å². The van der Waals surface area contributed by atoms with Crippen LogP contribution in [0.3, 0.4) is 0 Å². The van der Waals surface area contributed by atoms with Gasteiger partial charge in [-0.25, -0.2) is 0 Å². The summed E-state index contributed by atoms with van der Waals surface area (Å²) in [7, 11) is 0. The highest BCUT2D eigenvalue weighted by atomic mass is 14.0. The molecule has 0 fully saturated rings. The van der Waals surface area contributed by atoms with Gasteiger partial charge in [-0.1, -0.05) is 39.8 Å². The third kappa shape index (κ3) is 4.60. The molecule has 0 nitrogen and oxygen atoms in total. The Morgan fingerprint density at radius 3 is 1.80 bits per heavy atom. The molecule has 0 amide bonds. The summed E-state index contributed by atoms with van der Waals surface area (Å²) in [6.45, 7) is 8.94. The van der Waals surface area contributed by atoms with Crippen LogP contribution in [0.1, 0.15) is 40.5 Å². The largest absolute Gasteiger partial charge is 0.0857 e. The molecular weight excluding hydrogens is 120 g/mol. The summed E-state index contributed by atoms with van der Waals surface area (Å²) in [5.74, 6) is 1.52. The summed E-state index contributed by atoms with van der Waals surface area (Å²) in [6, 6.07) is 0. The maximum Gasteiger partial charge on any atom is -0.0239 e. The second-order valence-electron chi connectivity index (χ2n) is 3.21. The minimum Gasteiger partial charge on any atom is -0.0857 e. The van der Waals surface area contributed by atoms with Crippen LogP contribution in [0.15, 0.2) is 12.2 Å². The SMILES string of the molecule is CCC(C=CC(C)C)CC. The van der Waals surface area contributed by atoms with Gasteiger partial charge in [0.15, 0.2) is 0 Å². The number of hydrogen-bond acceptors (Lipinski definition) is 0. The van der Waals surface area contributed by atoms with Crippen LogP contribution in [0, 0.1) is 11.8 Å². The molecule has 0 saturated heterocycles. The average Bonchev–Trinajstić information content (AvgIpc) is 1.90. The fraction of sp³-hybridized carbons (Fsp3) is 0.800. The minimum absolute atomic E-state index is 0.709. The van der Waals surface area contributed by atoms with Crippen LogP contribution in [0.5, 0.6) is 0 Å². The normalized spacial score (nSPS) is 12.2. The molecule has 0 rings (SSSR count). The van der Waals surface area contributed by atoms with Gasteiger partial charge in [0.2, 0.25) is 0 Å². The van der Waals surface area contributed by atoms with E-state index in [1.807, 2.05) is 0 Å². The molecule has 0 aliphatic heterocycles. The number of hydrogen-bond donors (Lipinski definition) is 0. The highest BCUT2D eigenvalue weighted by Crippen LogP contribution is 2.10. The van der Waals surface area contributed by atoms with Crippen LogP contribution >= 0.6 is 0 Å². The van der Waals surface area contributed by atoms with Crippen molar-refractivity contribution in [2.75, 3.05) is 0 Å². The van der Waals surface area contributed by atoms with E-state index < -0.39 is 0 Å². The molecular formula is C10H20. The second-order valence-corrected chi connectivity index (χ2v) is 3.21. The van der Waals surface area contributed by atoms with Gasteiger partial charge in [-0.05, 0) is 24.7 Å². The van der Waals surface area contributed by atoms with E-state index in [9.17, 15) is 0 Å². The number of allylic oxidation sites excluding steroid dienone is 2. The fourth-order valence-electron chi connectivity index (χ4n) is 0.940. The third-order valence-electron chi connectivity index (χ3n) is 1.82. The van der Waals surface area contributed by atoms with Gasteiger partial charge in [0.25, 0.3) is 0 Å². The Morgan fingerprint density at radius 1 is 1.00 bits per heavy atom. The highest BCUT2D eigenvalue weighted by Gasteiger charge is 1.96. The molecule has 60 valence electrons. The van der Waals surface area contributed by atoms with Crippen molar-refractivity contribution in [1.82, 2.24) is 0 Å². The van der Waals surface area contributed by atoms with E-state index >= 15 is 0 Å². The topological polar surface area (TPSA) is 0 Å². The lowest BCUT2D eigenvalue weighted by Crippen LogP contribution is -1.91. The lowest BCUT2D eigenvalue weighted by atomic mass is 10.0. The van der Waals surface area contributed by atoms with Crippen LogP contribution in [0.2, 0.25) is 0 Å². The Hall–Kier alpha value is -0.260. The molecule has 0 aromatic heterocycles. The predicted octanol–water partition coefficient (Wildman–Crippen LogP) is 3.63. The van der Waals surface area contributed by atoms with Crippen molar-refractivity contribution in [1.29, 1.82) is 0 Å². The second kappa shape index (κ2) is 5.52. The van der Waals surface area contributed by atoms with Crippen LogP contribution in [-0.2, 0) is 0 Å².